The van der Waals surface area contributed by atoms with Crippen LogP contribution in [0.3, 0.4) is 0 Å². The maximum Gasteiger partial charge on any atom is 0.508 e. The number of rotatable bonds is 33. The summed E-state index contributed by atoms with van der Waals surface area (Å²) in [6.07, 6.45) is 32.5. The minimum Gasteiger partial charge on any atom is -0.507 e. The zero-order valence-corrected chi connectivity index (χ0v) is 35.6. The molecule has 1 amide bonds. The summed E-state index contributed by atoms with van der Waals surface area (Å²) < 4.78 is 16.2. The van der Waals surface area contributed by atoms with Crippen LogP contribution in [0.25, 0.3) is 11.0 Å². The molecule has 0 aliphatic heterocycles. The molecule has 0 radical (unpaired) electrons. The molecule has 55 heavy (non-hydrogen) atoms. The highest BCUT2D eigenvalue weighted by atomic mass is 79.9. The SMILES string of the molecule is CCCCCCCCCCCCC/C=C/[C@@H](O)[C@H](COC(=O)OCc1cc(=O)oc2cc(O)c(Br)cc12)NC(=O)CCCCCCCCCCCCCCC. The van der Waals surface area contributed by atoms with Crippen molar-refractivity contribution in [3.8, 4) is 5.75 Å². The van der Waals surface area contributed by atoms with E-state index < -0.39 is 23.9 Å². The number of hydrogen-bond donors (Lipinski definition) is 3. The van der Waals surface area contributed by atoms with Crippen LogP contribution in [0.5, 0.6) is 5.75 Å². The van der Waals surface area contributed by atoms with E-state index in [0.29, 0.717) is 21.8 Å². The summed E-state index contributed by atoms with van der Waals surface area (Å²) in [5.74, 6) is -0.291. The van der Waals surface area contributed by atoms with Crippen molar-refractivity contribution in [1.82, 2.24) is 5.32 Å². The highest BCUT2D eigenvalue weighted by Gasteiger charge is 2.22. The van der Waals surface area contributed by atoms with Gasteiger partial charge in [0.1, 0.15) is 24.5 Å². The van der Waals surface area contributed by atoms with Crippen molar-refractivity contribution in [1.29, 1.82) is 0 Å². The third-order valence-electron chi connectivity index (χ3n) is 10.2. The zero-order chi connectivity index (χ0) is 39.9. The van der Waals surface area contributed by atoms with E-state index in [1.165, 1.54) is 134 Å². The number of fused-ring (bicyclic) bond motifs is 1. The molecule has 312 valence electrons. The summed E-state index contributed by atoms with van der Waals surface area (Å²) in [6, 6.07) is 3.24. The zero-order valence-electron chi connectivity index (χ0n) is 34.1. The van der Waals surface area contributed by atoms with Gasteiger partial charge in [-0.3, -0.25) is 4.79 Å². The molecule has 3 N–H and O–H groups in total. The number of halogens is 1. The highest BCUT2D eigenvalue weighted by Crippen LogP contribution is 2.30. The van der Waals surface area contributed by atoms with Gasteiger partial charge in [0.25, 0.3) is 0 Å². The molecule has 2 aromatic rings. The molecule has 0 saturated heterocycles. The standard InChI is InChI=1S/C45H72BrNO8/c1-3-5-7-9-11-13-15-17-19-21-23-25-27-29-40(48)39(47-43(50)30-28-26-24-22-20-18-16-14-12-10-8-6-4-2)35-54-45(52)53-34-36-31-44(51)55-42-33-41(49)38(46)32-37(36)42/h27,29,31-33,39-40,48-49H,3-26,28,30,34-35H2,1-2H3,(H,47,50)/b29-27+/t39-,40+/m0/s1. The van der Waals surface area contributed by atoms with Crippen LogP contribution in [0.2, 0.25) is 0 Å². The third-order valence-corrected chi connectivity index (χ3v) is 10.8. The molecular formula is C45H72BrNO8. The van der Waals surface area contributed by atoms with Gasteiger partial charge in [-0.1, -0.05) is 167 Å². The summed E-state index contributed by atoms with van der Waals surface area (Å²) in [7, 11) is 0. The predicted octanol–water partition coefficient (Wildman–Crippen LogP) is 12.5. The molecule has 0 unspecified atom stereocenters. The maximum atomic E-state index is 12.9. The van der Waals surface area contributed by atoms with Gasteiger partial charge in [-0.15, -0.1) is 0 Å². The van der Waals surface area contributed by atoms with Crippen LogP contribution in [-0.4, -0.2) is 41.0 Å². The van der Waals surface area contributed by atoms with Gasteiger partial charge >= 0.3 is 11.8 Å². The Morgan fingerprint density at radius 3 is 1.80 bits per heavy atom. The lowest BCUT2D eigenvalue weighted by molar-refractivity contribution is -0.123. The van der Waals surface area contributed by atoms with Crippen LogP contribution >= 0.6 is 15.9 Å². The van der Waals surface area contributed by atoms with Crippen LogP contribution in [0.1, 0.15) is 186 Å². The molecule has 1 heterocycles. The summed E-state index contributed by atoms with van der Waals surface area (Å²) in [6.45, 7) is 3.93. The molecule has 0 bridgehead atoms. The summed E-state index contributed by atoms with van der Waals surface area (Å²) in [5.41, 5.74) is -0.137. The molecular weight excluding hydrogens is 762 g/mol. The van der Waals surface area contributed by atoms with E-state index >= 15 is 0 Å². The van der Waals surface area contributed by atoms with Gasteiger partial charge < -0.3 is 29.4 Å². The summed E-state index contributed by atoms with van der Waals surface area (Å²) in [5, 5.41) is 24.4. The predicted molar refractivity (Wildman–Crippen MR) is 226 cm³/mol. The van der Waals surface area contributed by atoms with Gasteiger partial charge in [-0.25, -0.2) is 9.59 Å². The van der Waals surface area contributed by atoms with Crippen molar-refractivity contribution in [3.63, 3.8) is 0 Å². The van der Waals surface area contributed by atoms with Crippen LogP contribution in [0.4, 0.5) is 4.79 Å². The molecule has 0 aliphatic rings. The third kappa shape index (κ3) is 23.1. The van der Waals surface area contributed by atoms with Crippen molar-refractivity contribution in [2.24, 2.45) is 0 Å². The molecule has 9 nitrogen and oxygen atoms in total. The number of ether oxygens (including phenoxy) is 2. The van der Waals surface area contributed by atoms with Gasteiger partial charge in [0, 0.05) is 29.5 Å². The highest BCUT2D eigenvalue weighted by molar-refractivity contribution is 9.10. The first kappa shape index (κ1) is 48.3. The minimum atomic E-state index is -1.05. The van der Waals surface area contributed by atoms with Crippen molar-refractivity contribution >= 4 is 39.0 Å². The topological polar surface area (TPSA) is 135 Å². The van der Waals surface area contributed by atoms with E-state index in [2.05, 4.69) is 35.1 Å². The number of aromatic hydroxyl groups is 1. The van der Waals surface area contributed by atoms with E-state index in [1.54, 1.807) is 12.1 Å². The molecule has 1 aromatic carbocycles. The fraction of sp³-hybridized carbons (Fsp3) is 0.711. The second-order valence-corrected chi connectivity index (χ2v) is 16.0. The number of phenols is 1. The first-order valence-corrected chi connectivity index (χ1v) is 22.4. The van der Waals surface area contributed by atoms with E-state index in [0.717, 1.165) is 38.5 Å². The van der Waals surface area contributed by atoms with Gasteiger partial charge in [0.05, 0.1) is 16.6 Å². The average Bonchev–Trinajstić information content (AvgIpc) is 3.16. The minimum absolute atomic E-state index is 0.0956. The number of hydrogen-bond acceptors (Lipinski definition) is 8. The maximum absolute atomic E-state index is 12.9. The summed E-state index contributed by atoms with van der Waals surface area (Å²) >= 11 is 3.25. The van der Waals surface area contributed by atoms with Crippen LogP contribution < -0.4 is 10.9 Å². The van der Waals surface area contributed by atoms with E-state index in [4.69, 9.17) is 13.9 Å². The quantitative estimate of drug-likeness (QED) is 0.0280. The molecule has 2 rings (SSSR count). The number of carbonyl (C=O) groups excluding carboxylic acids is 2. The lowest BCUT2D eigenvalue weighted by Crippen LogP contribution is -2.46. The molecule has 10 heteroatoms. The monoisotopic (exact) mass is 833 g/mol. The lowest BCUT2D eigenvalue weighted by atomic mass is 10.0. The second-order valence-electron chi connectivity index (χ2n) is 15.1. The van der Waals surface area contributed by atoms with Crippen molar-refractivity contribution in [3.05, 3.63) is 50.8 Å². The Bertz CT molecular complexity index is 1410. The smallest absolute Gasteiger partial charge is 0.507 e. The van der Waals surface area contributed by atoms with Crippen molar-refractivity contribution < 1.29 is 33.7 Å². The number of phenolic OH excluding ortho intramolecular Hbond substituents is 1. The fourth-order valence-electron chi connectivity index (χ4n) is 6.80. The van der Waals surface area contributed by atoms with Gasteiger partial charge in [-0.2, -0.15) is 0 Å². The molecule has 0 spiro atoms. The molecule has 2 atom stereocenters. The fourth-order valence-corrected chi connectivity index (χ4v) is 7.14. The van der Waals surface area contributed by atoms with E-state index in [-0.39, 0.29) is 30.5 Å². The average molecular weight is 835 g/mol. The number of unbranched alkanes of at least 4 members (excludes halogenated alkanes) is 23. The van der Waals surface area contributed by atoms with E-state index in [9.17, 15) is 24.6 Å². The Labute approximate surface area is 339 Å². The Kier molecular flexibility index (Phi) is 27.5. The Hall–Kier alpha value is -2.85. The molecule has 1 aromatic heterocycles. The number of benzene rings is 1. The normalized spacial score (nSPS) is 12.7. The number of aliphatic hydroxyl groups excluding tert-OH is 1. The van der Waals surface area contributed by atoms with Crippen LogP contribution in [0.15, 0.2) is 44.0 Å². The Morgan fingerprint density at radius 2 is 1.25 bits per heavy atom. The van der Waals surface area contributed by atoms with Crippen LogP contribution in [0, 0.1) is 0 Å². The number of aliphatic hydroxyl groups is 1. The first-order valence-electron chi connectivity index (χ1n) is 21.6. The number of allylic oxidation sites excluding steroid dienone is 1. The van der Waals surface area contributed by atoms with Gasteiger partial charge in [0.2, 0.25) is 5.91 Å². The number of amides is 1. The summed E-state index contributed by atoms with van der Waals surface area (Å²) in [4.78, 5) is 37.7. The van der Waals surface area contributed by atoms with Gasteiger partial charge in [0.15, 0.2) is 0 Å². The number of nitrogens with one attached hydrogen (secondary N) is 1. The lowest BCUT2D eigenvalue weighted by Gasteiger charge is -2.22. The van der Waals surface area contributed by atoms with Crippen molar-refractivity contribution in [2.45, 2.75) is 200 Å². The Morgan fingerprint density at radius 1 is 0.745 bits per heavy atom. The first-order chi connectivity index (χ1) is 26.7. The molecule has 0 aliphatic carbocycles. The van der Waals surface area contributed by atoms with Gasteiger partial charge in [-0.05, 0) is 41.3 Å². The second kappa shape index (κ2) is 31.3. The molecule has 0 saturated carbocycles. The number of carbonyl (C=O) groups is 2. The Balaban J connectivity index is 1.79. The van der Waals surface area contributed by atoms with E-state index in [1.807, 2.05) is 6.08 Å². The van der Waals surface area contributed by atoms with Crippen molar-refractivity contribution in [2.75, 3.05) is 6.61 Å². The largest absolute Gasteiger partial charge is 0.508 e. The van der Waals surface area contributed by atoms with Crippen LogP contribution in [-0.2, 0) is 20.9 Å². The molecule has 0 fully saturated rings.